The van der Waals surface area contributed by atoms with E-state index in [2.05, 4.69) is 20.6 Å². The van der Waals surface area contributed by atoms with Crippen molar-refractivity contribution in [3.63, 3.8) is 0 Å². The number of halogens is 2. The third-order valence-corrected chi connectivity index (χ3v) is 6.97. The van der Waals surface area contributed by atoms with Gasteiger partial charge in [-0.15, -0.1) is 0 Å². The van der Waals surface area contributed by atoms with Crippen molar-refractivity contribution in [3.05, 3.63) is 118 Å². The molecule has 242 valence electrons. The van der Waals surface area contributed by atoms with Gasteiger partial charge < -0.3 is 10.1 Å². The first-order valence-corrected chi connectivity index (χ1v) is 15.7. The molecule has 12 nitrogen and oxygen atoms in total. The molecule has 3 aromatic heterocycles. The van der Waals surface area contributed by atoms with Crippen LogP contribution in [-0.4, -0.2) is 49.7 Å². The molecule has 0 unspecified atom stereocenters. The number of carbonyl (C=O) groups is 1. The molecular formula is C32H28F2N6O6S. The van der Waals surface area contributed by atoms with Gasteiger partial charge in [0.2, 0.25) is 0 Å². The number of aryl methyl sites for hydroxylation is 3. The summed E-state index contributed by atoms with van der Waals surface area (Å²) in [6.07, 6.45) is 5.74. The predicted molar refractivity (Wildman–Crippen MR) is 172 cm³/mol. The maximum Gasteiger partial charge on any atom is 0.268 e. The Morgan fingerprint density at radius 1 is 1.00 bits per heavy atom. The van der Waals surface area contributed by atoms with E-state index in [0.29, 0.717) is 34.5 Å². The van der Waals surface area contributed by atoms with Crippen LogP contribution in [0.5, 0.6) is 11.5 Å². The molecule has 0 bridgehead atoms. The van der Waals surface area contributed by atoms with E-state index in [1.807, 2.05) is 13.1 Å². The van der Waals surface area contributed by atoms with E-state index in [1.165, 1.54) is 41.0 Å². The van der Waals surface area contributed by atoms with E-state index in [9.17, 15) is 22.4 Å². The first-order valence-electron chi connectivity index (χ1n) is 13.8. The van der Waals surface area contributed by atoms with Crippen molar-refractivity contribution in [1.29, 1.82) is 0 Å². The number of nitrogens with zero attached hydrogens (tertiary/aromatic N) is 4. The third-order valence-electron chi connectivity index (χ3n) is 6.97. The van der Waals surface area contributed by atoms with Gasteiger partial charge in [-0.2, -0.15) is 18.6 Å². The standard InChI is InChI=1S/C31H24F2N6O3.CH4O3S/c1-17-10-18(2)39(23-7-4-21(32)5-8-23)31(41)29(17)30(40)37-22-6-9-27(25(33)12-22)42-28-11-19-16-36-38(3)26(19)13-24(28)20-14-34-35-15-20;1-5(2,3)4/h4-16H,1-3H3,(H,34,35)(H,37,40);1H3,(H,2,3,4). The van der Waals surface area contributed by atoms with Crippen LogP contribution in [0.2, 0.25) is 0 Å². The summed E-state index contributed by atoms with van der Waals surface area (Å²) in [7, 11) is -1.84. The molecule has 6 aromatic rings. The Morgan fingerprint density at radius 2 is 1.70 bits per heavy atom. The van der Waals surface area contributed by atoms with Crippen molar-refractivity contribution in [2.24, 2.45) is 7.05 Å². The highest BCUT2D eigenvalue weighted by atomic mass is 32.2. The largest absolute Gasteiger partial charge is 0.454 e. The van der Waals surface area contributed by atoms with Crippen LogP contribution in [0.4, 0.5) is 14.5 Å². The van der Waals surface area contributed by atoms with Gasteiger partial charge in [0.15, 0.2) is 11.6 Å². The van der Waals surface area contributed by atoms with Crippen LogP contribution in [0, 0.1) is 25.5 Å². The Kier molecular flexibility index (Phi) is 9.03. The Hall–Kier alpha value is -5.67. The van der Waals surface area contributed by atoms with Crippen molar-refractivity contribution >= 4 is 32.6 Å². The number of aromatic nitrogens is 5. The SMILES string of the molecule is CS(=O)(=O)O.Cc1cc(C)n(-c2ccc(F)cc2)c(=O)c1C(=O)Nc1ccc(Oc2cc3cnn(C)c3cc2-c2cn[nH]c2)c(F)c1. The molecule has 0 aliphatic heterocycles. The number of aromatic amines is 1. The minimum absolute atomic E-state index is 0.0637. The number of fused-ring (bicyclic) bond motifs is 1. The van der Waals surface area contributed by atoms with Crippen LogP contribution in [-0.2, 0) is 17.2 Å². The lowest BCUT2D eigenvalue weighted by atomic mass is 10.1. The number of nitrogens with one attached hydrogen (secondary N) is 2. The van der Waals surface area contributed by atoms with Crippen molar-refractivity contribution in [1.82, 2.24) is 24.5 Å². The second-order valence-electron chi connectivity index (χ2n) is 10.6. The fourth-order valence-corrected chi connectivity index (χ4v) is 4.94. The summed E-state index contributed by atoms with van der Waals surface area (Å²) in [5.74, 6) is -1.54. The highest BCUT2D eigenvalue weighted by Gasteiger charge is 2.20. The number of H-pyrrole nitrogens is 1. The molecule has 0 atom stereocenters. The summed E-state index contributed by atoms with van der Waals surface area (Å²) < 4.78 is 63.7. The fourth-order valence-electron chi connectivity index (χ4n) is 4.94. The number of pyridine rings is 1. The summed E-state index contributed by atoms with van der Waals surface area (Å²) in [6, 6.07) is 14.7. The summed E-state index contributed by atoms with van der Waals surface area (Å²) in [6.45, 7) is 3.37. The number of carbonyl (C=O) groups excluding carboxylic acids is 1. The smallest absolute Gasteiger partial charge is 0.268 e. The summed E-state index contributed by atoms with van der Waals surface area (Å²) in [4.78, 5) is 26.6. The number of rotatable bonds is 6. The maximum atomic E-state index is 15.3. The van der Waals surface area contributed by atoms with Gasteiger partial charge in [0.05, 0.1) is 24.2 Å². The van der Waals surface area contributed by atoms with Crippen LogP contribution in [0.1, 0.15) is 21.6 Å². The van der Waals surface area contributed by atoms with Crippen molar-refractivity contribution in [2.75, 3.05) is 11.6 Å². The molecule has 3 N–H and O–H groups in total. The molecule has 6 rings (SSSR count). The second-order valence-corrected chi connectivity index (χ2v) is 12.0. The molecule has 0 radical (unpaired) electrons. The van der Waals surface area contributed by atoms with Gasteiger partial charge in [-0.05, 0) is 74.0 Å². The molecule has 0 aliphatic rings. The minimum Gasteiger partial charge on any atom is -0.454 e. The Labute approximate surface area is 267 Å². The highest BCUT2D eigenvalue weighted by molar-refractivity contribution is 7.85. The van der Waals surface area contributed by atoms with Gasteiger partial charge in [0.25, 0.3) is 21.6 Å². The zero-order valence-corrected chi connectivity index (χ0v) is 26.3. The summed E-state index contributed by atoms with van der Waals surface area (Å²) >= 11 is 0. The Bertz CT molecular complexity index is 2270. The number of hydrogen-bond acceptors (Lipinski definition) is 7. The molecule has 0 fully saturated rings. The zero-order chi connectivity index (χ0) is 34.0. The van der Waals surface area contributed by atoms with Crippen molar-refractivity contribution < 1.29 is 31.3 Å². The lowest BCUT2D eigenvalue weighted by Gasteiger charge is -2.15. The topological polar surface area (TPSA) is 161 Å². The van der Waals surface area contributed by atoms with Crippen LogP contribution in [0.3, 0.4) is 0 Å². The summed E-state index contributed by atoms with van der Waals surface area (Å²) in [5, 5.41) is 14.5. The molecule has 0 aliphatic carbocycles. The zero-order valence-electron chi connectivity index (χ0n) is 25.4. The molecule has 47 heavy (non-hydrogen) atoms. The van der Waals surface area contributed by atoms with E-state index < -0.39 is 33.2 Å². The van der Waals surface area contributed by atoms with Gasteiger partial charge in [0.1, 0.15) is 17.1 Å². The lowest BCUT2D eigenvalue weighted by Crippen LogP contribution is -2.31. The van der Waals surface area contributed by atoms with Crippen molar-refractivity contribution in [2.45, 2.75) is 13.8 Å². The third kappa shape index (κ3) is 7.43. The van der Waals surface area contributed by atoms with Gasteiger partial charge in [-0.3, -0.25) is 28.5 Å². The predicted octanol–water partition coefficient (Wildman–Crippen LogP) is 5.56. The normalized spacial score (nSPS) is 11.2. The van der Waals surface area contributed by atoms with Crippen LogP contribution >= 0.6 is 0 Å². The summed E-state index contributed by atoms with van der Waals surface area (Å²) in [5.41, 5.74) is 3.19. The number of amides is 1. The average Bonchev–Trinajstić information content (AvgIpc) is 3.64. The molecule has 0 saturated carbocycles. The van der Waals surface area contributed by atoms with Crippen LogP contribution in [0.25, 0.3) is 27.7 Å². The van der Waals surface area contributed by atoms with E-state index in [0.717, 1.165) is 22.5 Å². The average molecular weight is 663 g/mol. The first-order chi connectivity index (χ1) is 22.2. The first kappa shape index (κ1) is 32.7. The molecule has 3 heterocycles. The van der Waals surface area contributed by atoms with E-state index >= 15 is 4.39 Å². The van der Waals surface area contributed by atoms with Gasteiger partial charge >= 0.3 is 0 Å². The van der Waals surface area contributed by atoms with Crippen LogP contribution in [0.15, 0.2) is 84.0 Å². The molecule has 15 heteroatoms. The van der Waals surface area contributed by atoms with Crippen molar-refractivity contribution in [3.8, 4) is 28.3 Å². The monoisotopic (exact) mass is 662 g/mol. The lowest BCUT2D eigenvalue weighted by molar-refractivity contribution is 0.102. The van der Waals surface area contributed by atoms with E-state index in [4.69, 9.17) is 9.29 Å². The second kappa shape index (κ2) is 13.0. The highest BCUT2D eigenvalue weighted by Crippen LogP contribution is 2.37. The van der Waals surface area contributed by atoms with Crippen LogP contribution < -0.4 is 15.6 Å². The molecule has 3 aromatic carbocycles. The minimum atomic E-state index is -3.67. The number of anilines is 1. The number of hydrogen-bond donors (Lipinski definition) is 3. The van der Waals surface area contributed by atoms with Gasteiger partial charge in [0, 0.05) is 52.9 Å². The molecule has 0 spiro atoms. The molecule has 0 saturated heterocycles. The Morgan fingerprint density at radius 3 is 2.34 bits per heavy atom. The number of ether oxygens (including phenoxy) is 1. The van der Waals surface area contributed by atoms with E-state index in [1.54, 1.807) is 49.3 Å². The molecule has 1 amide bonds. The van der Waals surface area contributed by atoms with E-state index in [-0.39, 0.29) is 17.0 Å². The molecular weight excluding hydrogens is 634 g/mol. The maximum absolute atomic E-state index is 15.3. The fraction of sp³-hybridized carbons (Fsp3) is 0.125. The van der Waals surface area contributed by atoms with Gasteiger partial charge in [-0.25, -0.2) is 8.78 Å². The van der Waals surface area contributed by atoms with Gasteiger partial charge in [-0.1, -0.05) is 0 Å². The quantitative estimate of drug-likeness (QED) is 0.196. The number of benzene rings is 3. The Balaban J connectivity index is 0.000000807.